The highest BCUT2D eigenvalue weighted by Crippen LogP contribution is 2.39. The maximum atomic E-state index is 12.0. The number of para-hydroxylation sites is 1. The van der Waals surface area contributed by atoms with Crippen molar-refractivity contribution in [3.63, 3.8) is 0 Å². The fourth-order valence-corrected chi connectivity index (χ4v) is 3.87. The monoisotopic (exact) mass is 358 g/mol. The van der Waals surface area contributed by atoms with Crippen LogP contribution < -0.4 is 10.6 Å². The van der Waals surface area contributed by atoms with Gasteiger partial charge < -0.3 is 10.6 Å². The number of aryl methyl sites for hydroxylation is 1. The van der Waals surface area contributed by atoms with Crippen molar-refractivity contribution >= 4 is 45.0 Å². The van der Waals surface area contributed by atoms with Crippen LogP contribution in [0.2, 0.25) is 0 Å². The van der Waals surface area contributed by atoms with E-state index in [1.165, 1.54) is 23.1 Å². The number of aromatic nitrogens is 1. The first kappa shape index (κ1) is 15.3. The lowest BCUT2D eigenvalue weighted by Gasteiger charge is -2.16. The Morgan fingerprint density at radius 3 is 3.12 bits per heavy atom. The molecule has 0 spiro atoms. The van der Waals surface area contributed by atoms with Gasteiger partial charge in [0.25, 0.3) is 0 Å². The predicted octanol–water partition coefficient (Wildman–Crippen LogP) is 3.44. The Balaban J connectivity index is 1.36. The van der Waals surface area contributed by atoms with Crippen molar-refractivity contribution in [2.24, 2.45) is 15.2 Å². The Morgan fingerprint density at radius 1 is 1.42 bits per heavy atom. The van der Waals surface area contributed by atoms with E-state index in [0.717, 1.165) is 16.9 Å². The molecule has 3 heterocycles. The smallest absolute Gasteiger partial charge is 0.236 e. The maximum Gasteiger partial charge on any atom is 0.236 e. The third-order valence-electron chi connectivity index (χ3n) is 3.60. The van der Waals surface area contributed by atoms with Gasteiger partial charge in [0.15, 0.2) is 11.3 Å². The minimum atomic E-state index is -0.146. The second-order valence-corrected chi connectivity index (χ2v) is 7.18. The van der Waals surface area contributed by atoms with Crippen LogP contribution in [-0.4, -0.2) is 28.0 Å². The lowest BCUT2D eigenvalue weighted by atomic mass is 10.1. The summed E-state index contributed by atoms with van der Waals surface area (Å²) in [6.45, 7) is 1.89. The Labute approximate surface area is 146 Å². The van der Waals surface area contributed by atoms with Crippen LogP contribution >= 0.6 is 23.1 Å². The summed E-state index contributed by atoms with van der Waals surface area (Å²) in [5.74, 6) is 0.0953. The van der Waals surface area contributed by atoms with E-state index < -0.39 is 0 Å². The number of nitrogens with one attached hydrogen (secondary N) is 2. The van der Waals surface area contributed by atoms with Crippen LogP contribution in [0.5, 0.6) is 0 Å². The zero-order valence-electron chi connectivity index (χ0n) is 12.8. The number of amidine groups is 1. The molecule has 0 bridgehead atoms. The molecule has 1 aromatic carbocycles. The number of amides is 1. The fraction of sp³-hybridized carbons (Fsp3) is 0.267. The Morgan fingerprint density at radius 2 is 2.29 bits per heavy atom. The molecule has 2 aliphatic heterocycles. The molecular formula is C15H14N6OS2. The SMILES string of the molecule is Cc1csc(NC(=O)CSC2=N[C@@H]3Nc4ccccc4[C@H]3N=N2)n1. The number of carbonyl (C=O) groups is 1. The summed E-state index contributed by atoms with van der Waals surface area (Å²) >= 11 is 2.68. The van der Waals surface area contributed by atoms with Gasteiger partial charge in [0.1, 0.15) is 6.04 Å². The van der Waals surface area contributed by atoms with Crippen LogP contribution in [0.15, 0.2) is 44.9 Å². The standard InChI is InChI=1S/C15H14N6OS2/c1-8-6-23-14(16-8)18-11(22)7-24-15-19-13-12(20-21-15)9-4-2-3-5-10(9)17-13/h2-6,12-13,17H,7H2,1H3,(H,16,18,22)/t12-,13+/m1/s1. The molecule has 0 fully saturated rings. The quantitative estimate of drug-likeness (QED) is 0.879. The van der Waals surface area contributed by atoms with E-state index in [2.05, 4.69) is 30.8 Å². The Kier molecular flexibility index (Phi) is 4.03. The Bertz CT molecular complexity index is 846. The second kappa shape index (κ2) is 6.33. The highest BCUT2D eigenvalue weighted by atomic mass is 32.2. The summed E-state index contributed by atoms with van der Waals surface area (Å²) < 4.78 is 0. The first-order valence-corrected chi connectivity index (χ1v) is 9.24. The van der Waals surface area contributed by atoms with Crippen LogP contribution in [-0.2, 0) is 4.79 Å². The molecule has 4 rings (SSSR count). The van der Waals surface area contributed by atoms with Crippen LogP contribution in [0.25, 0.3) is 0 Å². The lowest BCUT2D eigenvalue weighted by Crippen LogP contribution is -2.22. The number of anilines is 2. The van der Waals surface area contributed by atoms with Gasteiger partial charge in [-0.15, -0.1) is 16.5 Å². The third kappa shape index (κ3) is 3.04. The van der Waals surface area contributed by atoms with E-state index >= 15 is 0 Å². The number of carbonyl (C=O) groups excluding carboxylic acids is 1. The topological polar surface area (TPSA) is 91.1 Å². The molecule has 9 heteroatoms. The molecule has 24 heavy (non-hydrogen) atoms. The molecule has 122 valence electrons. The van der Waals surface area contributed by atoms with E-state index in [4.69, 9.17) is 0 Å². The summed E-state index contributed by atoms with van der Waals surface area (Å²) in [6.07, 6.45) is -0.146. The minimum Gasteiger partial charge on any atom is -0.361 e. The third-order valence-corrected chi connectivity index (χ3v) is 5.32. The van der Waals surface area contributed by atoms with Crippen molar-refractivity contribution in [2.75, 3.05) is 16.4 Å². The summed E-state index contributed by atoms with van der Waals surface area (Å²) in [5.41, 5.74) is 3.04. The number of rotatable bonds is 3. The number of hydrogen-bond acceptors (Lipinski definition) is 8. The van der Waals surface area contributed by atoms with Crippen molar-refractivity contribution in [2.45, 2.75) is 19.1 Å². The van der Waals surface area contributed by atoms with E-state index in [0.29, 0.717) is 10.3 Å². The Hall–Kier alpha value is -2.26. The summed E-state index contributed by atoms with van der Waals surface area (Å²) in [5, 5.41) is 17.6. The molecule has 0 unspecified atom stereocenters. The molecule has 2 aromatic rings. The number of aliphatic imine (C=N–C) groups is 1. The van der Waals surface area contributed by atoms with Crippen LogP contribution in [0.4, 0.5) is 10.8 Å². The number of hydrogen-bond donors (Lipinski definition) is 2. The number of fused-ring (bicyclic) bond motifs is 3. The van der Waals surface area contributed by atoms with E-state index in [-0.39, 0.29) is 23.9 Å². The predicted molar refractivity (Wildman–Crippen MR) is 96.8 cm³/mol. The van der Waals surface area contributed by atoms with Gasteiger partial charge in [0.2, 0.25) is 11.1 Å². The molecule has 2 N–H and O–H groups in total. The average Bonchev–Trinajstić information content (AvgIpc) is 3.15. The van der Waals surface area contributed by atoms with Crippen molar-refractivity contribution in [1.29, 1.82) is 0 Å². The largest absolute Gasteiger partial charge is 0.361 e. The highest BCUT2D eigenvalue weighted by Gasteiger charge is 2.34. The van der Waals surface area contributed by atoms with Crippen LogP contribution in [0.1, 0.15) is 17.3 Å². The number of nitrogens with zero attached hydrogens (tertiary/aromatic N) is 4. The number of thioether (sulfide) groups is 1. The van der Waals surface area contributed by atoms with Crippen molar-refractivity contribution in [1.82, 2.24) is 4.98 Å². The zero-order chi connectivity index (χ0) is 16.5. The number of azo groups is 1. The van der Waals surface area contributed by atoms with Crippen LogP contribution in [0.3, 0.4) is 0 Å². The van der Waals surface area contributed by atoms with E-state index in [9.17, 15) is 4.79 Å². The average molecular weight is 358 g/mol. The van der Waals surface area contributed by atoms with Gasteiger partial charge in [-0.3, -0.25) is 4.79 Å². The number of benzene rings is 1. The fourth-order valence-electron chi connectivity index (χ4n) is 2.54. The normalized spacial score (nSPS) is 20.8. The van der Waals surface area contributed by atoms with Gasteiger partial charge in [-0.25, -0.2) is 9.98 Å². The van der Waals surface area contributed by atoms with Gasteiger partial charge in [-0.1, -0.05) is 30.0 Å². The molecule has 1 amide bonds. The first-order chi connectivity index (χ1) is 11.7. The van der Waals surface area contributed by atoms with Gasteiger partial charge >= 0.3 is 0 Å². The van der Waals surface area contributed by atoms with Crippen molar-refractivity contribution < 1.29 is 4.79 Å². The molecule has 0 radical (unpaired) electrons. The molecule has 0 saturated heterocycles. The molecule has 7 nitrogen and oxygen atoms in total. The van der Waals surface area contributed by atoms with Gasteiger partial charge in [-0.05, 0) is 13.0 Å². The van der Waals surface area contributed by atoms with E-state index in [1.807, 2.05) is 36.6 Å². The van der Waals surface area contributed by atoms with E-state index in [1.54, 1.807) is 0 Å². The van der Waals surface area contributed by atoms with Crippen molar-refractivity contribution in [3.8, 4) is 0 Å². The summed E-state index contributed by atoms with van der Waals surface area (Å²) in [6, 6.07) is 7.91. The molecule has 2 atom stereocenters. The van der Waals surface area contributed by atoms with Gasteiger partial charge in [0, 0.05) is 16.6 Å². The summed E-state index contributed by atoms with van der Waals surface area (Å²) in [4.78, 5) is 20.7. The number of thiazole rings is 1. The first-order valence-electron chi connectivity index (χ1n) is 7.38. The molecule has 2 aliphatic rings. The van der Waals surface area contributed by atoms with Gasteiger partial charge in [-0.2, -0.15) is 5.11 Å². The van der Waals surface area contributed by atoms with Crippen LogP contribution in [0, 0.1) is 6.92 Å². The molecule has 1 aromatic heterocycles. The minimum absolute atomic E-state index is 0.0855. The maximum absolute atomic E-state index is 12.0. The zero-order valence-corrected chi connectivity index (χ0v) is 14.4. The second-order valence-electron chi connectivity index (χ2n) is 5.38. The lowest BCUT2D eigenvalue weighted by molar-refractivity contribution is -0.113. The molecule has 0 aliphatic carbocycles. The van der Waals surface area contributed by atoms with Gasteiger partial charge in [0.05, 0.1) is 11.4 Å². The molecular weight excluding hydrogens is 344 g/mol. The summed E-state index contributed by atoms with van der Waals surface area (Å²) in [7, 11) is 0. The highest BCUT2D eigenvalue weighted by molar-refractivity contribution is 8.14. The van der Waals surface area contributed by atoms with Crippen molar-refractivity contribution in [3.05, 3.63) is 40.9 Å². The molecule has 0 saturated carbocycles.